The van der Waals surface area contributed by atoms with Crippen molar-refractivity contribution in [2.24, 2.45) is 0 Å². The lowest BCUT2D eigenvalue weighted by Gasteiger charge is -2.32. The van der Waals surface area contributed by atoms with Crippen molar-refractivity contribution >= 4 is 35.0 Å². The van der Waals surface area contributed by atoms with Gasteiger partial charge in [0.15, 0.2) is 0 Å². The van der Waals surface area contributed by atoms with Gasteiger partial charge in [-0.05, 0) is 50.1 Å². The highest BCUT2D eigenvalue weighted by Crippen LogP contribution is 2.25. The number of nitrogens with one attached hydrogen (secondary N) is 2. The molecule has 3 aromatic rings. The number of benzene rings is 2. The zero-order valence-electron chi connectivity index (χ0n) is 16.8. The molecule has 0 radical (unpaired) electrons. The summed E-state index contributed by atoms with van der Waals surface area (Å²) in [6.45, 7) is 3.58. The second kappa shape index (κ2) is 9.13. The molecule has 2 N–H and O–H groups in total. The molecule has 6 nitrogen and oxygen atoms in total. The molecule has 1 saturated heterocycles. The van der Waals surface area contributed by atoms with E-state index in [2.05, 4.69) is 25.5 Å². The largest absolute Gasteiger partial charge is 0.349 e. The lowest BCUT2D eigenvalue weighted by atomic mass is 10.0. The molecule has 0 bridgehead atoms. The van der Waals surface area contributed by atoms with Crippen LogP contribution in [0.4, 0.5) is 17.5 Å². The first-order chi connectivity index (χ1) is 14.6. The Morgan fingerprint density at radius 3 is 2.53 bits per heavy atom. The first-order valence-corrected chi connectivity index (χ1v) is 10.4. The van der Waals surface area contributed by atoms with Crippen LogP contribution in [0.15, 0.2) is 60.8 Å². The molecule has 2 aromatic carbocycles. The van der Waals surface area contributed by atoms with Gasteiger partial charge in [0.1, 0.15) is 5.82 Å². The maximum absolute atomic E-state index is 12.5. The summed E-state index contributed by atoms with van der Waals surface area (Å²) in [5.41, 5.74) is 2.65. The Kier molecular flexibility index (Phi) is 6.14. The topological polar surface area (TPSA) is 70.2 Å². The van der Waals surface area contributed by atoms with Gasteiger partial charge in [-0.15, -0.1) is 0 Å². The number of anilines is 3. The molecule has 0 aliphatic carbocycles. The minimum atomic E-state index is -0.0179. The summed E-state index contributed by atoms with van der Waals surface area (Å²) in [7, 11) is 0. The van der Waals surface area contributed by atoms with Gasteiger partial charge >= 0.3 is 0 Å². The average Bonchev–Trinajstić information content (AvgIpc) is 2.76. The van der Waals surface area contributed by atoms with E-state index in [1.807, 2.05) is 61.5 Å². The fraction of sp³-hybridized carbons (Fsp3) is 0.261. The number of aryl methyl sites for hydroxylation is 1. The highest BCUT2D eigenvalue weighted by molar-refractivity contribution is 6.33. The summed E-state index contributed by atoms with van der Waals surface area (Å²) >= 11 is 6.22. The number of para-hydroxylation sites is 1. The fourth-order valence-electron chi connectivity index (χ4n) is 3.47. The second-order valence-electron chi connectivity index (χ2n) is 7.45. The van der Waals surface area contributed by atoms with E-state index in [4.69, 9.17) is 11.6 Å². The molecule has 1 aromatic heterocycles. The van der Waals surface area contributed by atoms with Crippen molar-refractivity contribution < 1.29 is 4.79 Å². The molecule has 4 rings (SSSR count). The van der Waals surface area contributed by atoms with Crippen LogP contribution in [-0.2, 0) is 0 Å². The Labute approximate surface area is 181 Å². The Morgan fingerprint density at radius 1 is 1.07 bits per heavy atom. The summed E-state index contributed by atoms with van der Waals surface area (Å²) in [6.07, 6.45) is 3.44. The minimum absolute atomic E-state index is 0.0179. The van der Waals surface area contributed by atoms with Crippen LogP contribution in [0.3, 0.4) is 0 Å². The molecule has 0 spiro atoms. The highest BCUT2D eigenvalue weighted by atomic mass is 35.5. The van der Waals surface area contributed by atoms with E-state index < -0.39 is 0 Å². The first kappa shape index (κ1) is 20.2. The predicted octanol–water partition coefficient (Wildman–Crippen LogP) is 4.58. The quantitative estimate of drug-likeness (QED) is 0.631. The van der Waals surface area contributed by atoms with Crippen LogP contribution in [0.2, 0.25) is 5.02 Å². The van der Waals surface area contributed by atoms with Crippen molar-refractivity contribution in [2.75, 3.05) is 23.3 Å². The molecule has 7 heteroatoms. The molecule has 2 heterocycles. The SMILES string of the molecule is Cc1ccc(C(=O)NC2CCN(c3nccc(Nc4ccccc4Cl)n3)CC2)cc1. The highest BCUT2D eigenvalue weighted by Gasteiger charge is 2.23. The van der Waals surface area contributed by atoms with Crippen LogP contribution in [-0.4, -0.2) is 35.0 Å². The third-order valence-electron chi connectivity index (χ3n) is 5.21. The molecule has 1 fully saturated rings. The third kappa shape index (κ3) is 4.89. The number of amides is 1. The van der Waals surface area contributed by atoms with Gasteiger partial charge in [0.05, 0.1) is 10.7 Å². The standard InChI is InChI=1S/C23H24ClN5O/c1-16-6-8-17(9-7-16)22(30)26-18-11-14-29(15-12-18)23-25-13-10-21(28-23)27-20-5-3-2-4-19(20)24/h2-10,13,18H,11-12,14-15H2,1H3,(H,26,30)(H,25,27,28). The van der Waals surface area contributed by atoms with E-state index in [1.165, 1.54) is 0 Å². The van der Waals surface area contributed by atoms with Gasteiger partial charge in [0.25, 0.3) is 5.91 Å². The number of hydrogen-bond donors (Lipinski definition) is 2. The Balaban J connectivity index is 1.34. The number of piperidine rings is 1. The van der Waals surface area contributed by atoms with E-state index in [1.54, 1.807) is 6.20 Å². The van der Waals surface area contributed by atoms with Gasteiger partial charge in [-0.1, -0.05) is 41.4 Å². The van der Waals surface area contributed by atoms with E-state index in [0.717, 1.165) is 37.2 Å². The molecular weight excluding hydrogens is 398 g/mol. The number of carbonyl (C=O) groups is 1. The van der Waals surface area contributed by atoms with Gasteiger partial charge in [0.2, 0.25) is 5.95 Å². The molecule has 154 valence electrons. The maximum Gasteiger partial charge on any atom is 0.251 e. The molecule has 1 amide bonds. The number of halogens is 1. The van der Waals surface area contributed by atoms with Gasteiger partial charge in [-0.3, -0.25) is 4.79 Å². The summed E-state index contributed by atoms with van der Waals surface area (Å²) in [5.74, 6) is 1.36. The van der Waals surface area contributed by atoms with Gasteiger partial charge in [-0.2, -0.15) is 4.98 Å². The van der Waals surface area contributed by atoms with Crippen molar-refractivity contribution in [3.63, 3.8) is 0 Å². The van der Waals surface area contributed by atoms with Crippen LogP contribution in [0.5, 0.6) is 0 Å². The van der Waals surface area contributed by atoms with Gasteiger partial charge < -0.3 is 15.5 Å². The molecule has 0 unspecified atom stereocenters. The van der Waals surface area contributed by atoms with Gasteiger partial charge in [-0.25, -0.2) is 4.98 Å². The van der Waals surface area contributed by atoms with Crippen molar-refractivity contribution in [3.05, 3.63) is 76.9 Å². The number of nitrogens with zero attached hydrogens (tertiary/aromatic N) is 3. The maximum atomic E-state index is 12.5. The van der Waals surface area contributed by atoms with Crippen molar-refractivity contribution in [1.29, 1.82) is 0 Å². The predicted molar refractivity (Wildman–Crippen MR) is 121 cm³/mol. The molecule has 1 aliphatic rings. The average molecular weight is 422 g/mol. The Hall–Kier alpha value is -3.12. The minimum Gasteiger partial charge on any atom is -0.349 e. The van der Waals surface area contributed by atoms with Crippen LogP contribution in [0, 0.1) is 6.92 Å². The van der Waals surface area contributed by atoms with Crippen molar-refractivity contribution in [2.45, 2.75) is 25.8 Å². The van der Waals surface area contributed by atoms with Crippen LogP contribution >= 0.6 is 11.6 Å². The van der Waals surface area contributed by atoms with E-state index in [9.17, 15) is 4.79 Å². The number of rotatable bonds is 5. The van der Waals surface area contributed by atoms with E-state index in [0.29, 0.717) is 22.4 Å². The molecular formula is C23H24ClN5O. The van der Waals surface area contributed by atoms with Crippen LogP contribution in [0.25, 0.3) is 0 Å². The lowest BCUT2D eigenvalue weighted by Crippen LogP contribution is -2.45. The number of aromatic nitrogens is 2. The van der Waals surface area contributed by atoms with Crippen LogP contribution < -0.4 is 15.5 Å². The monoisotopic (exact) mass is 421 g/mol. The molecule has 0 atom stereocenters. The Bertz CT molecular complexity index is 1020. The van der Waals surface area contributed by atoms with Crippen molar-refractivity contribution in [1.82, 2.24) is 15.3 Å². The van der Waals surface area contributed by atoms with E-state index in [-0.39, 0.29) is 11.9 Å². The zero-order valence-corrected chi connectivity index (χ0v) is 17.6. The molecule has 1 aliphatic heterocycles. The number of hydrogen-bond acceptors (Lipinski definition) is 5. The smallest absolute Gasteiger partial charge is 0.251 e. The molecule has 30 heavy (non-hydrogen) atoms. The van der Waals surface area contributed by atoms with E-state index >= 15 is 0 Å². The fourth-order valence-corrected chi connectivity index (χ4v) is 3.65. The summed E-state index contributed by atoms with van der Waals surface area (Å²) in [6, 6.07) is 17.2. The lowest BCUT2D eigenvalue weighted by molar-refractivity contribution is 0.0931. The first-order valence-electron chi connectivity index (χ1n) is 10.1. The number of carbonyl (C=O) groups excluding carboxylic acids is 1. The Morgan fingerprint density at radius 2 is 1.80 bits per heavy atom. The van der Waals surface area contributed by atoms with Gasteiger partial charge in [0, 0.05) is 30.9 Å². The summed E-state index contributed by atoms with van der Waals surface area (Å²) < 4.78 is 0. The summed E-state index contributed by atoms with van der Waals surface area (Å²) in [4.78, 5) is 23.7. The second-order valence-corrected chi connectivity index (χ2v) is 7.85. The normalized spacial score (nSPS) is 14.4. The van der Waals surface area contributed by atoms with Crippen molar-refractivity contribution in [3.8, 4) is 0 Å². The zero-order chi connectivity index (χ0) is 20.9. The summed E-state index contributed by atoms with van der Waals surface area (Å²) in [5, 5.41) is 7.03. The molecule has 0 saturated carbocycles. The third-order valence-corrected chi connectivity index (χ3v) is 5.54. The van der Waals surface area contributed by atoms with Crippen LogP contribution in [0.1, 0.15) is 28.8 Å².